The predicted molar refractivity (Wildman–Crippen MR) is 105 cm³/mol. The fourth-order valence-electron chi connectivity index (χ4n) is 3.10. The number of esters is 1. The summed E-state index contributed by atoms with van der Waals surface area (Å²) in [5, 5.41) is 13.1. The van der Waals surface area contributed by atoms with Crippen molar-refractivity contribution in [2.75, 3.05) is 11.9 Å². The van der Waals surface area contributed by atoms with Crippen molar-refractivity contribution < 1.29 is 18.3 Å². The number of ether oxygens (including phenoxy) is 1. The minimum atomic E-state index is -0.950. The smallest absolute Gasteiger partial charge is 0.341 e. The molecule has 0 radical (unpaired) electrons. The normalized spacial score (nSPS) is 10.6. The van der Waals surface area contributed by atoms with Gasteiger partial charge in [0.15, 0.2) is 11.6 Å². The second-order valence-electron chi connectivity index (χ2n) is 6.37. The number of carbonyl (C=O) groups excluding carboxylic acids is 1. The molecule has 0 unspecified atom stereocenters. The van der Waals surface area contributed by atoms with Crippen LogP contribution in [0.1, 0.15) is 40.9 Å². The molecule has 0 fully saturated rings. The maximum atomic E-state index is 13.5. The minimum Gasteiger partial charge on any atom is -0.462 e. The van der Waals surface area contributed by atoms with Gasteiger partial charge in [0.1, 0.15) is 5.56 Å². The molecule has 0 aliphatic heterocycles. The number of nitriles is 1. The number of anilines is 1. The van der Waals surface area contributed by atoms with Crippen molar-refractivity contribution in [2.24, 2.45) is 0 Å². The lowest BCUT2D eigenvalue weighted by Gasteiger charge is -2.16. The third-order valence-corrected chi connectivity index (χ3v) is 4.51. The molecular weight excluding hydrogens is 376 g/mol. The molecule has 0 spiro atoms. The Hall–Kier alpha value is -3.53. The number of aromatic nitrogens is 1. The van der Waals surface area contributed by atoms with Gasteiger partial charge in [-0.2, -0.15) is 5.26 Å². The quantitative estimate of drug-likeness (QED) is 0.611. The monoisotopic (exact) mass is 395 g/mol. The average molecular weight is 395 g/mol. The SMILES string of the molecule is CCOC(=O)c1cnc2c(CC)cc(C#N)cc2c1NCc1ccc(F)c(F)c1. The zero-order valence-electron chi connectivity index (χ0n) is 16.1. The number of rotatable bonds is 6. The molecule has 0 atom stereocenters. The molecule has 0 aliphatic carbocycles. The first-order chi connectivity index (χ1) is 14.0. The van der Waals surface area contributed by atoms with E-state index >= 15 is 0 Å². The molecule has 0 saturated heterocycles. The number of hydrogen-bond donors (Lipinski definition) is 1. The van der Waals surface area contributed by atoms with Crippen molar-refractivity contribution in [1.29, 1.82) is 5.26 Å². The van der Waals surface area contributed by atoms with Gasteiger partial charge in [0.05, 0.1) is 29.4 Å². The van der Waals surface area contributed by atoms with Crippen LogP contribution in [0.3, 0.4) is 0 Å². The summed E-state index contributed by atoms with van der Waals surface area (Å²) in [7, 11) is 0. The van der Waals surface area contributed by atoms with E-state index in [2.05, 4.69) is 16.4 Å². The Morgan fingerprint density at radius 3 is 2.66 bits per heavy atom. The van der Waals surface area contributed by atoms with Crippen LogP contribution in [0.5, 0.6) is 0 Å². The summed E-state index contributed by atoms with van der Waals surface area (Å²) in [6, 6.07) is 9.13. The summed E-state index contributed by atoms with van der Waals surface area (Å²) in [5.74, 6) is -2.44. The van der Waals surface area contributed by atoms with Crippen LogP contribution in [0, 0.1) is 23.0 Å². The molecule has 5 nitrogen and oxygen atoms in total. The van der Waals surface area contributed by atoms with Crippen molar-refractivity contribution in [2.45, 2.75) is 26.8 Å². The first kappa shape index (κ1) is 20.2. The van der Waals surface area contributed by atoms with Crippen LogP contribution in [0.15, 0.2) is 36.5 Å². The number of hydrogen-bond acceptors (Lipinski definition) is 5. The van der Waals surface area contributed by atoms with Gasteiger partial charge in [0, 0.05) is 18.1 Å². The first-order valence-electron chi connectivity index (χ1n) is 9.19. The van der Waals surface area contributed by atoms with E-state index in [0.29, 0.717) is 34.1 Å². The molecule has 1 N–H and O–H groups in total. The van der Waals surface area contributed by atoms with Gasteiger partial charge < -0.3 is 10.1 Å². The molecule has 29 heavy (non-hydrogen) atoms. The van der Waals surface area contributed by atoms with Crippen molar-refractivity contribution in [1.82, 2.24) is 4.98 Å². The Morgan fingerprint density at radius 1 is 1.21 bits per heavy atom. The van der Waals surface area contributed by atoms with Crippen molar-refractivity contribution >= 4 is 22.6 Å². The van der Waals surface area contributed by atoms with E-state index in [1.165, 1.54) is 12.3 Å². The number of nitrogens with zero attached hydrogens (tertiary/aromatic N) is 2. The summed E-state index contributed by atoms with van der Waals surface area (Å²) in [4.78, 5) is 16.9. The maximum Gasteiger partial charge on any atom is 0.341 e. The molecule has 1 heterocycles. The van der Waals surface area contributed by atoms with Crippen molar-refractivity contribution in [3.05, 3.63) is 70.4 Å². The Bertz CT molecular complexity index is 1120. The van der Waals surface area contributed by atoms with Gasteiger partial charge in [-0.05, 0) is 48.7 Å². The van der Waals surface area contributed by atoms with Crippen LogP contribution < -0.4 is 5.32 Å². The summed E-state index contributed by atoms with van der Waals surface area (Å²) in [6.45, 7) is 3.98. The van der Waals surface area contributed by atoms with Crippen LogP contribution in [0.4, 0.5) is 14.5 Å². The zero-order chi connectivity index (χ0) is 21.0. The van der Waals surface area contributed by atoms with Crippen molar-refractivity contribution in [3.8, 4) is 6.07 Å². The molecule has 0 aliphatic rings. The molecule has 0 amide bonds. The van der Waals surface area contributed by atoms with E-state index in [1.807, 2.05) is 6.92 Å². The van der Waals surface area contributed by atoms with E-state index in [-0.39, 0.29) is 18.7 Å². The topological polar surface area (TPSA) is 75.0 Å². The molecule has 3 aromatic rings. The summed E-state index contributed by atoms with van der Waals surface area (Å²) >= 11 is 0. The Balaban J connectivity index is 2.13. The maximum absolute atomic E-state index is 13.5. The van der Waals surface area contributed by atoms with E-state index < -0.39 is 17.6 Å². The van der Waals surface area contributed by atoms with Gasteiger partial charge in [0.2, 0.25) is 0 Å². The van der Waals surface area contributed by atoms with E-state index in [1.54, 1.807) is 19.1 Å². The van der Waals surface area contributed by atoms with Gasteiger partial charge in [-0.3, -0.25) is 4.98 Å². The molecule has 3 rings (SSSR count). The Labute approximate surface area is 166 Å². The predicted octanol–water partition coefficient (Wildman–Crippen LogP) is 4.74. The number of carbonyl (C=O) groups is 1. The number of aryl methyl sites for hydroxylation is 1. The standard InChI is InChI=1S/C22H19F2N3O2/c1-3-15-7-14(10-25)8-16-20(15)27-12-17(22(28)29-4-2)21(16)26-11-13-5-6-18(23)19(24)9-13/h5-9,12H,3-4,11H2,1-2H3,(H,26,27). The molecule has 0 bridgehead atoms. The number of pyridine rings is 1. The number of benzene rings is 2. The van der Waals surface area contributed by atoms with Crippen LogP contribution in [0.25, 0.3) is 10.9 Å². The highest BCUT2D eigenvalue weighted by molar-refractivity contribution is 6.05. The van der Waals surface area contributed by atoms with E-state index in [9.17, 15) is 18.8 Å². The number of nitrogens with one attached hydrogen (secondary N) is 1. The molecule has 1 aromatic heterocycles. The second-order valence-corrected chi connectivity index (χ2v) is 6.37. The third kappa shape index (κ3) is 4.16. The summed E-state index contributed by atoms with van der Waals surface area (Å²) in [5.41, 5.74) is 3.10. The fraction of sp³-hybridized carbons (Fsp3) is 0.227. The van der Waals surface area contributed by atoms with Crippen LogP contribution in [0.2, 0.25) is 0 Å². The summed E-state index contributed by atoms with van der Waals surface area (Å²) < 4.78 is 31.9. The van der Waals surface area contributed by atoms with Crippen LogP contribution in [-0.4, -0.2) is 17.6 Å². The third-order valence-electron chi connectivity index (χ3n) is 4.51. The van der Waals surface area contributed by atoms with Crippen LogP contribution >= 0.6 is 0 Å². The molecule has 7 heteroatoms. The van der Waals surface area contributed by atoms with Gasteiger partial charge in [-0.1, -0.05) is 13.0 Å². The number of halogens is 2. The highest BCUT2D eigenvalue weighted by atomic mass is 19.2. The number of fused-ring (bicyclic) bond motifs is 1. The first-order valence-corrected chi connectivity index (χ1v) is 9.19. The van der Waals surface area contributed by atoms with Gasteiger partial charge in [-0.25, -0.2) is 13.6 Å². The second kappa shape index (κ2) is 8.65. The highest BCUT2D eigenvalue weighted by Crippen LogP contribution is 2.31. The van der Waals surface area contributed by atoms with E-state index in [4.69, 9.17) is 4.74 Å². The molecule has 148 valence electrons. The van der Waals surface area contributed by atoms with Crippen molar-refractivity contribution in [3.63, 3.8) is 0 Å². The molecular formula is C22H19F2N3O2. The minimum absolute atomic E-state index is 0.140. The van der Waals surface area contributed by atoms with Crippen LogP contribution in [-0.2, 0) is 17.7 Å². The summed E-state index contributed by atoms with van der Waals surface area (Å²) in [6.07, 6.45) is 2.08. The zero-order valence-corrected chi connectivity index (χ0v) is 16.1. The fourth-order valence-corrected chi connectivity index (χ4v) is 3.10. The molecule has 2 aromatic carbocycles. The Morgan fingerprint density at radius 2 is 2.00 bits per heavy atom. The molecule has 0 saturated carbocycles. The highest BCUT2D eigenvalue weighted by Gasteiger charge is 2.19. The van der Waals surface area contributed by atoms with E-state index in [0.717, 1.165) is 17.7 Å². The lowest BCUT2D eigenvalue weighted by molar-refractivity contribution is 0.0527. The van der Waals surface area contributed by atoms with Gasteiger partial charge in [-0.15, -0.1) is 0 Å². The Kier molecular flexibility index (Phi) is 6.03. The average Bonchev–Trinajstić information content (AvgIpc) is 2.73. The largest absolute Gasteiger partial charge is 0.462 e. The lowest BCUT2D eigenvalue weighted by Crippen LogP contribution is -2.12. The van der Waals surface area contributed by atoms with Gasteiger partial charge >= 0.3 is 5.97 Å². The lowest BCUT2D eigenvalue weighted by atomic mass is 10.0. The van der Waals surface area contributed by atoms with Gasteiger partial charge in [0.25, 0.3) is 0 Å².